The summed E-state index contributed by atoms with van der Waals surface area (Å²) in [7, 11) is 0. The van der Waals surface area contributed by atoms with E-state index in [0.717, 1.165) is 11.3 Å². The van der Waals surface area contributed by atoms with Gasteiger partial charge in [0.05, 0.1) is 12.6 Å². The van der Waals surface area contributed by atoms with Gasteiger partial charge in [-0.1, -0.05) is 39.0 Å². The van der Waals surface area contributed by atoms with Crippen LogP contribution in [0.5, 0.6) is 0 Å². The lowest BCUT2D eigenvalue weighted by Gasteiger charge is -2.27. The van der Waals surface area contributed by atoms with Crippen LogP contribution in [0.4, 0.5) is 10.5 Å². The van der Waals surface area contributed by atoms with E-state index >= 15 is 0 Å². The first-order chi connectivity index (χ1) is 19.5. The molecule has 1 aliphatic heterocycles. The Labute approximate surface area is 240 Å². The molecule has 0 bridgehead atoms. The lowest BCUT2D eigenvalue weighted by molar-refractivity contribution is -0.137. The summed E-state index contributed by atoms with van der Waals surface area (Å²) in [6.07, 6.45) is 5.45. The van der Waals surface area contributed by atoms with E-state index in [4.69, 9.17) is 5.73 Å². The van der Waals surface area contributed by atoms with Gasteiger partial charge in [-0.2, -0.15) is 0 Å². The van der Waals surface area contributed by atoms with Crippen LogP contribution in [-0.2, 0) is 25.8 Å². The SMILES string of the molecule is C=C(Nc1ccc(CO)cc1)[C@H](CCCNC(N)=O)NC(=O)[C@@H](NC(=O)CCCCCN1C(=O)C=CC1=O)C(C)C. The van der Waals surface area contributed by atoms with Crippen LogP contribution in [0.25, 0.3) is 0 Å². The summed E-state index contributed by atoms with van der Waals surface area (Å²) < 4.78 is 0. The minimum absolute atomic E-state index is 0.0760. The van der Waals surface area contributed by atoms with Gasteiger partial charge in [0.1, 0.15) is 6.04 Å². The molecule has 41 heavy (non-hydrogen) atoms. The average Bonchev–Trinajstić information content (AvgIpc) is 3.25. The number of hydrogen-bond donors (Lipinski definition) is 6. The maximum absolute atomic E-state index is 13.3. The molecule has 224 valence electrons. The summed E-state index contributed by atoms with van der Waals surface area (Å²) >= 11 is 0. The summed E-state index contributed by atoms with van der Waals surface area (Å²) in [5.74, 6) is -1.46. The molecule has 0 fully saturated rings. The molecule has 6 amide bonds. The van der Waals surface area contributed by atoms with Gasteiger partial charge in [-0.25, -0.2) is 4.79 Å². The monoisotopic (exact) mass is 570 g/mol. The number of benzene rings is 1. The molecular weight excluding hydrogens is 528 g/mol. The van der Waals surface area contributed by atoms with E-state index in [1.807, 2.05) is 13.8 Å². The summed E-state index contributed by atoms with van der Waals surface area (Å²) in [5.41, 5.74) is 7.15. The van der Waals surface area contributed by atoms with Gasteiger partial charge in [-0.15, -0.1) is 0 Å². The van der Waals surface area contributed by atoms with Crippen molar-refractivity contribution in [3.05, 3.63) is 54.3 Å². The molecule has 12 heteroatoms. The van der Waals surface area contributed by atoms with Gasteiger partial charge in [0.25, 0.3) is 11.8 Å². The molecule has 2 rings (SSSR count). The van der Waals surface area contributed by atoms with Gasteiger partial charge >= 0.3 is 6.03 Å². The van der Waals surface area contributed by atoms with Gasteiger partial charge in [0, 0.05) is 43.0 Å². The summed E-state index contributed by atoms with van der Waals surface area (Å²) in [5, 5.41) is 20.8. The van der Waals surface area contributed by atoms with Crippen molar-refractivity contribution in [1.82, 2.24) is 20.9 Å². The smallest absolute Gasteiger partial charge is 0.312 e. The first-order valence-corrected chi connectivity index (χ1v) is 13.8. The normalized spacial score (nSPS) is 14.1. The van der Waals surface area contributed by atoms with Gasteiger partial charge in [0.2, 0.25) is 11.8 Å². The van der Waals surface area contributed by atoms with Crippen molar-refractivity contribution in [2.75, 3.05) is 18.4 Å². The molecule has 0 aromatic heterocycles. The summed E-state index contributed by atoms with van der Waals surface area (Å²) in [4.78, 5) is 61.4. The number of anilines is 1. The molecular formula is C29H42N6O6. The third-order valence-corrected chi connectivity index (χ3v) is 6.60. The Bertz CT molecular complexity index is 1100. The number of aliphatic hydroxyl groups is 1. The zero-order valence-electron chi connectivity index (χ0n) is 23.8. The molecule has 12 nitrogen and oxygen atoms in total. The van der Waals surface area contributed by atoms with Gasteiger partial charge < -0.3 is 32.1 Å². The number of rotatable bonds is 18. The van der Waals surface area contributed by atoms with Crippen LogP contribution in [0.15, 0.2) is 48.7 Å². The largest absolute Gasteiger partial charge is 0.392 e. The number of hydrogen-bond acceptors (Lipinski definition) is 7. The van der Waals surface area contributed by atoms with Crippen molar-refractivity contribution < 1.29 is 29.1 Å². The van der Waals surface area contributed by atoms with E-state index in [-0.39, 0.29) is 42.6 Å². The Hall–Kier alpha value is -4.19. The third kappa shape index (κ3) is 11.4. The topological polar surface area (TPSA) is 183 Å². The van der Waals surface area contributed by atoms with E-state index in [9.17, 15) is 29.1 Å². The number of urea groups is 1. The van der Waals surface area contributed by atoms with E-state index in [1.165, 1.54) is 17.1 Å². The van der Waals surface area contributed by atoms with Crippen molar-refractivity contribution in [3.63, 3.8) is 0 Å². The number of aliphatic hydroxyl groups excluding tert-OH is 1. The van der Waals surface area contributed by atoms with Gasteiger partial charge in [-0.05, 0) is 49.3 Å². The molecule has 2 atom stereocenters. The van der Waals surface area contributed by atoms with Gasteiger partial charge in [-0.3, -0.25) is 24.1 Å². The fourth-order valence-electron chi connectivity index (χ4n) is 4.24. The molecule has 0 saturated heterocycles. The quantitative estimate of drug-likeness (QED) is 0.115. The minimum Gasteiger partial charge on any atom is -0.392 e. The fraction of sp³-hybridized carbons (Fsp3) is 0.483. The van der Waals surface area contributed by atoms with E-state index < -0.39 is 18.1 Å². The Morgan fingerprint density at radius 2 is 1.63 bits per heavy atom. The Morgan fingerprint density at radius 3 is 2.22 bits per heavy atom. The lowest BCUT2D eigenvalue weighted by Crippen LogP contribution is -2.52. The number of primary amides is 1. The third-order valence-electron chi connectivity index (χ3n) is 6.60. The van der Waals surface area contributed by atoms with Crippen molar-refractivity contribution >= 4 is 35.3 Å². The standard InChI is InChI=1S/C29H42N6O6/c1-19(2)27(34-24(37)9-5-4-6-17-35-25(38)14-15-26(35)39)28(40)33-23(8-7-16-31-29(30)41)20(3)32-22-12-10-21(18-36)11-13-22/h10-15,19,23,27,32,36H,3-9,16-18H2,1-2H3,(H,33,40)(H,34,37)(H3,30,31,41)/t23-,27-/m0/s1. The highest BCUT2D eigenvalue weighted by molar-refractivity contribution is 6.12. The maximum Gasteiger partial charge on any atom is 0.312 e. The first kappa shape index (κ1) is 33.0. The number of amides is 6. The Kier molecular flexibility index (Phi) is 13.5. The molecule has 0 spiro atoms. The number of nitrogens with two attached hydrogens (primary N) is 1. The Morgan fingerprint density at radius 1 is 0.976 bits per heavy atom. The summed E-state index contributed by atoms with van der Waals surface area (Å²) in [6, 6.07) is 5.19. The molecule has 1 aromatic carbocycles. The average molecular weight is 571 g/mol. The highest BCUT2D eigenvalue weighted by Gasteiger charge is 2.27. The van der Waals surface area contributed by atoms with Crippen LogP contribution in [0.3, 0.4) is 0 Å². The molecule has 0 saturated carbocycles. The number of nitrogens with zero attached hydrogens (tertiary/aromatic N) is 1. The predicted molar refractivity (Wildman–Crippen MR) is 155 cm³/mol. The van der Waals surface area contributed by atoms with Crippen LogP contribution in [0.1, 0.15) is 57.9 Å². The molecule has 1 aromatic rings. The number of unbranched alkanes of at least 4 members (excludes halogenated alkanes) is 2. The van der Waals surface area contributed by atoms with E-state index in [1.54, 1.807) is 24.3 Å². The van der Waals surface area contributed by atoms with Crippen LogP contribution in [-0.4, -0.2) is 64.8 Å². The second kappa shape index (κ2) is 16.8. The first-order valence-electron chi connectivity index (χ1n) is 13.8. The zero-order chi connectivity index (χ0) is 30.4. The van der Waals surface area contributed by atoms with Crippen LogP contribution >= 0.6 is 0 Å². The van der Waals surface area contributed by atoms with Crippen molar-refractivity contribution in [2.24, 2.45) is 11.7 Å². The van der Waals surface area contributed by atoms with Gasteiger partial charge in [0.15, 0.2) is 0 Å². The van der Waals surface area contributed by atoms with Crippen molar-refractivity contribution in [1.29, 1.82) is 0 Å². The van der Waals surface area contributed by atoms with Crippen molar-refractivity contribution in [3.8, 4) is 0 Å². The number of carbonyl (C=O) groups is 5. The second-order valence-corrected chi connectivity index (χ2v) is 10.3. The second-order valence-electron chi connectivity index (χ2n) is 10.3. The van der Waals surface area contributed by atoms with E-state index in [0.29, 0.717) is 50.9 Å². The molecule has 0 radical (unpaired) electrons. The number of imide groups is 1. The maximum atomic E-state index is 13.3. The highest BCUT2D eigenvalue weighted by Crippen LogP contribution is 2.16. The predicted octanol–water partition coefficient (Wildman–Crippen LogP) is 1.66. The Balaban J connectivity index is 1.92. The van der Waals surface area contributed by atoms with Crippen molar-refractivity contribution in [2.45, 2.75) is 71.1 Å². The lowest BCUT2D eigenvalue weighted by atomic mass is 10.0. The number of carbonyl (C=O) groups excluding carboxylic acids is 5. The molecule has 0 unspecified atom stereocenters. The molecule has 1 heterocycles. The van der Waals surface area contributed by atoms with Crippen LogP contribution < -0.4 is 27.0 Å². The van der Waals surface area contributed by atoms with E-state index in [2.05, 4.69) is 27.8 Å². The highest BCUT2D eigenvalue weighted by atomic mass is 16.3. The fourth-order valence-corrected chi connectivity index (χ4v) is 4.24. The zero-order valence-corrected chi connectivity index (χ0v) is 23.8. The summed E-state index contributed by atoms with van der Waals surface area (Å²) in [6.45, 7) is 8.32. The number of nitrogens with one attached hydrogen (secondary N) is 4. The molecule has 1 aliphatic rings. The molecule has 0 aliphatic carbocycles. The minimum atomic E-state index is -0.781. The molecule has 7 N–H and O–H groups in total. The van der Waals surface area contributed by atoms with Crippen LogP contribution in [0.2, 0.25) is 0 Å². The van der Waals surface area contributed by atoms with Crippen LogP contribution in [0, 0.1) is 5.92 Å².